The summed E-state index contributed by atoms with van der Waals surface area (Å²) in [5, 5.41) is 2.86. The van der Waals surface area contributed by atoms with Gasteiger partial charge in [0.05, 0.1) is 29.6 Å². The number of hydrogen-bond donors (Lipinski definition) is 1. The number of halogens is 1. The summed E-state index contributed by atoms with van der Waals surface area (Å²) in [6.07, 6.45) is 1.30. The van der Waals surface area contributed by atoms with Crippen LogP contribution < -0.4 is 9.62 Å². The van der Waals surface area contributed by atoms with Crippen LogP contribution in [0.1, 0.15) is 34.8 Å². The predicted octanol–water partition coefficient (Wildman–Crippen LogP) is 3.93. The molecule has 0 fully saturated rings. The Morgan fingerprint density at radius 3 is 2.33 bits per heavy atom. The minimum absolute atomic E-state index is 0.0964. The van der Waals surface area contributed by atoms with Gasteiger partial charge in [0.1, 0.15) is 6.04 Å². The molecule has 162 valence electrons. The van der Waals surface area contributed by atoms with Gasteiger partial charge in [0, 0.05) is 5.69 Å². The van der Waals surface area contributed by atoms with E-state index in [-0.39, 0.29) is 17.0 Å². The second kappa shape index (κ2) is 9.49. The van der Waals surface area contributed by atoms with Crippen molar-refractivity contribution in [2.75, 3.05) is 23.0 Å². The Morgan fingerprint density at radius 1 is 1.13 bits per heavy atom. The second-order valence-electron chi connectivity index (χ2n) is 6.93. The van der Waals surface area contributed by atoms with E-state index in [0.717, 1.165) is 21.7 Å². The lowest BCUT2D eigenvalue weighted by Crippen LogP contribution is -2.47. The quantitative estimate of drug-likeness (QED) is 0.642. The Bertz CT molecular complexity index is 1070. The third kappa shape index (κ3) is 5.31. The molecule has 7 nitrogen and oxygen atoms in total. The van der Waals surface area contributed by atoms with E-state index in [1.807, 2.05) is 19.9 Å². The number of carbonyl (C=O) groups excluding carboxylic acids is 2. The van der Waals surface area contributed by atoms with Crippen molar-refractivity contribution in [3.63, 3.8) is 0 Å². The van der Waals surface area contributed by atoms with Crippen LogP contribution in [-0.4, -0.2) is 39.7 Å². The van der Waals surface area contributed by atoms with Gasteiger partial charge in [-0.1, -0.05) is 24.6 Å². The van der Waals surface area contributed by atoms with E-state index in [1.54, 1.807) is 19.1 Å². The molecule has 2 rings (SSSR count). The average Bonchev–Trinajstić information content (AvgIpc) is 2.68. The third-order valence-electron chi connectivity index (χ3n) is 4.71. The molecule has 30 heavy (non-hydrogen) atoms. The van der Waals surface area contributed by atoms with Crippen molar-refractivity contribution in [2.45, 2.75) is 33.2 Å². The van der Waals surface area contributed by atoms with Crippen LogP contribution in [-0.2, 0) is 19.6 Å². The molecule has 0 radical (unpaired) electrons. The van der Waals surface area contributed by atoms with Crippen molar-refractivity contribution in [3.05, 3.63) is 58.1 Å². The van der Waals surface area contributed by atoms with Gasteiger partial charge in [-0.25, -0.2) is 13.2 Å². The zero-order valence-electron chi connectivity index (χ0n) is 17.5. The molecule has 1 amide bonds. The van der Waals surface area contributed by atoms with Crippen LogP contribution in [0.5, 0.6) is 0 Å². The molecule has 1 N–H and O–H groups in total. The summed E-state index contributed by atoms with van der Waals surface area (Å²) in [6, 6.07) is 8.62. The van der Waals surface area contributed by atoms with E-state index < -0.39 is 27.9 Å². The largest absolute Gasteiger partial charge is 0.465 e. The molecule has 0 heterocycles. The van der Waals surface area contributed by atoms with E-state index in [9.17, 15) is 18.0 Å². The second-order valence-corrected chi connectivity index (χ2v) is 9.19. The highest BCUT2D eigenvalue weighted by Crippen LogP contribution is 2.26. The first-order valence-corrected chi connectivity index (χ1v) is 11.5. The number of aryl methyl sites for hydroxylation is 2. The number of methoxy groups -OCH3 is 1. The minimum atomic E-state index is -3.75. The molecule has 0 bridgehead atoms. The first kappa shape index (κ1) is 23.7. The molecule has 0 saturated carbocycles. The van der Waals surface area contributed by atoms with Gasteiger partial charge in [-0.3, -0.25) is 9.10 Å². The first-order valence-electron chi connectivity index (χ1n) is 9.25. The molecule has 0 unspecified atom stereocenters. The summed E-state index contributed by atoms with van der Waals surface area (Å²) in [5.41, 5.74) is 2.74. The van der Waals surface area contributed by atoms with Gasteiger partial charge < -0.3 is 10.1 Å². The van der Waals surface area contributed by atoms with Gasteiger partial charge in [-0.05, 0) is 61.7 Å². The van der Waals surface area contributed by atoms with E-state index in [2.05, 4.69) is 10.1 Å². The molecule has 2 aromatic carbocycles. The van der Waals surface area contributed by atoms with Gasteiger partial charge >= 0.3 is 5.97 Å². The fourth-order valence-electron chi connectivity index (χ4n) is 3.02. The summed E-state index contributed by atoms with van der Waals surface area (Å²) in [4.78, 5) is 24.9. The van der Waals surface area contributed by atoms with Crippen LogP contribution in [0.2, 0.25) is 5.02 Å². The lowest BCUT2D eigenvalue weighted by atomic mass is 10.1. The number of nitrogens with zero attached hydrogens (tertiary/aromatic N) is 1. The van der Waals surface area contributed by atoms with Crippen molar-refractivity contribution < 1.29 is 22.7 Å². The number of esters is 1. The fourth-order valence-corrected chi connectivity index (χ4v) is 4.42. The maximum atomic E-state index is 13.0. The summed E-state index contributed by atoms with van der Waals surface area (Å²) >= 11 is 6.01. The highest BCUT2D eigenvalue weighted by atomic mass is 35.5. The molecule has 0 saturated heterocycles. The smallest absolute Gasteiger partial charge is 0.339 e. The number of benzene rings is 2. The third-order valence-corrected chi connectivity index (χ3v) is 6.22. The van der Waals surface area contributed by atoms with E-state index in [0.29, 0.717) is 11.4 Å². The Labute approximate surface area is 182 Å². The van der Waals surface area contributed by atoms with Crippen molar-refractivity contribution in [1.82, 2.24) is 0 Å². The van der Waals surface area contributed by atoms with Crippen LogP contribution in [0.25, 0.3) is 0 Å². The predicted molar refractivity (Wildman–Crippen MR) is 119 cm³/mol. The monoisotopic (exact) mass is 452 g/mol. The lowest BCUT2D eigenvalue weighted by Gasteiger charge is -2.30. The van der Waals surface area contributed by atoms with Gasteiger partial charge in [0.25, 0.3) is 0 Å². The molecule has 1 atom stereocenters. The molecule has 0 aromatic heterocycles. The number of hydrogen-bond acceptors (Lipinski definition) is 5. The van der Waals surface area contributed by atoms with Gasteiger partial charge in [-0.2, -0.15) is 0 Å². The Hall–Kier alpha value is -2.58. The van der Waals surface area contributed by atoms with E-state index in [1.165, 1.54) is 25.3 Å². The molecule has 0 aliphatic rings. The summed E-state index contributed by atoms with van der Waals surface area (Å²) < 4.78 is 31.0. The number of sulfonamides is 1. The maximum Gasteiger partial charge on any atom is 0.339 e. The summed E-state index contributed by atoms with van der Waals surface area (Å²) in [6.45, 7) is 5.53. The van der Waals surface area contributed by atoms with Crippen molar-refractivity contribution >= 4 is 44.9 Å². The van der Waals surface area contributed by atoms with Crippen molar-refractivity contribution in [1.29, 1.82) is 0 Å². The van der Waals surface area contributed by atoms with Crippen LogP contribution in [0.15, 0.2) is 36.4 Å². The highest BCUT2D eigenvalue weighted by Gasteiger charge is 2.32. The van der Waals surface area contributed by atoms with Crippen LogP contribution in [0.3, 0.4) is 0 Å². The van der Waals surface area contributed by atoms with E-state index >= 15 is 0 Å². The van der Waals surface area contributed by atoms with Crippen LogP contribution in [0.4, 0.5) is 11.4 Å². The topological polar surface area (TPSA) is 92.8 Å². The number of rotatable bonds is 7. The molecule has 9 heteroatoms. The van der Waals surface area contributed by atoms with Crippen LogP contribution >= 0.6 is 11.6 Å². The molecular formula is C21H25ClN2O5S. The Morgan fingerprint density at radius 2 is 1.80 bits per heavy atom. The SMILES string of the molecule is CC[C@H](C(=O)Nc1ccc(Cl)c(C(=O)OC)c1)N(c1ccc(C)c(C)c1)S(C)(=O)=O. The number of carbonyl (C=O) groups is 2. The number of nitrogens with one attached hydrogen (secondary N) is 1. The van der Waals surface area contributed by atoms with Crippen LogP contribution in [0, 0.1) is 13.8 Å². The number of ether oxygens (including phenoxy) is 1. The van der Waals surface area contributed by atoms with Gasteiger partial charge in [0.15, 0.2) is 0 Å². The maximum absolute atomic E-state index is 13.0. The average molecular weight is 453 g/mol. The molecule has 0 aliphatic carbocycles. The number of amides is 1. The molecule has 0 spiro atoms. The minimum Gasteiger partial charge on any atom is -0.465 e. The molecule has 2 aromatic rings. The normalized spacial score (nSPS) is 12.2. The zero-order valence-corrected chi connectivity index (χ0v) is 19.1. The first-order chi connectivity index (χ1) is 14.0. The summed E-state index contributed by atoms with van der Waals surface area (Å²) in [5.74, 6) is -1.17. The Balaban J connectivity index is 2.41. The molecule has 0 aliphatic heterocycles. The van der Waals surface area contributed by atoms with Gasteiger partial charge in [0.2, 0.25) is 15.9 Å². The van der Waals surface area contributed by atoms with Crippen molar-refractivity contribution in [3.8, 4) is 0 Å². The van der Waals surface area contributed by atoms with E-state index in [4.69, 9.17) is 11.6 Å². The number of anilines is 2. The van der Waals surface area contributed by atoms with Gasteiger partial charge in [-0.15, -0.1) is 0 Å². The zero-order chi connectivity index (χ0) is 22.6. The lowest BCUT2D eigenvalue weighted by molar-refractivity contribution is -0.117. The Kier molecular flexibility index (Phi) is 7.49. The molecular weight excluding hydrogens is 428 g/mol. The highest BCUT2D eigenvalue weighted by molar-refractivity contribution is 7.92. The fraction of sp³-hybridized carbons (Fsp3) is 0.333. The van der Waals surface area contributed by atoms with Crippen molar-refractivity contribution in [2.24, 2.45) is 0 Å². The standard InChI is InChI=1S/C21H25ClN2O5S/c1-6-19(24(30(5,27)28)16-9-7-13(2)14(3)11-16)20(25)23-15-8-10-18(22)17(12-15)21(26)29-4/h7-12,19H,6H2,1-5H3,(H,23,25)/t19-/m1/s1. The summed E-state index contributed by atoms with van der Waals surface area (Å²) in [7, 11) is -2.52.